The number of carbonyl (C=O) groups is 2. The summed E-state index contributed by atoms with van der Waals surface area (Å²) in [4.78, 5) is 23.3. The minimum absolute atomic E-state index is 0.0322. The minimum atomic E-state index is -4.25. The maximum atomic E-state index is 12.9. The monoisotopic (exact) mass is 461 g/mol. The van der Waals surface area contributed by atoms with Crippen molar-refractivity contribution >= 4 is 27.8 Å². The maximum absolute atomic E-state index is 12.9. The van der Waals surface area contributed by atoms with Crippen LogP contribution in [0.3, 0.4) is 0 Å². The Hall–Kier alpha value is -3.28. The van der Waals surface area contributed by atoms with Gasteiger partial charge in [0, 0.05) is 5.69 Å². The number of amides is 3. The summed E-state index contributed by atoms with van der Waals surface area (Å²) < 4.78 is 34.5. The van der Waals surface area contributed by atoms with Gasteiger partial charge in [-0.3, -0.25) is 0 Å². The Labute approximate surface area is 184 Å². The molecule has 1 unspecified atom stereocenters. The van der Waals surface area contributed by atoms with E-state index in [1.807, 2.05) is 0 Å². The van der Waals surface area contributed by atoms with Gasteiger partial charge < -0.3 is 20.5 Å². The molecule has 0 saturated heterocycles. The highest BCUT2D eigenvalue weighted by atomic mass is 32.2. The number of rotatable bonds is 4. The number of nitrogens with zero attached hydrogens (tertiary/aromatic N) is 2. The lowest BCUT2D eigenvalue weighted by Crippen LogP contribution is -2.44. The van der Waals surface area contributed by atoms with E-state index in [1.165, 1.54) is 15.8 Å². The van der Waals surface area contributed by atoms with Crippen LogP contribution in [0.1, 0.15) is 35.1 Å². The van der Waals surface area contributed by atoms with Gasteiger partial charge in [-0.15, -0.1) is 0 Å². The van der Waals surface area contributed by atoms with Gasteiger partial charge >= 0.3 is 12.1 Å². The SMILES string of the molecule is O=C(O)NC1COc2c(S(=O)(=O)NC(=O)Nc3c4c(cc5c3CCC5)CCC4)cnn2C1. The number of sulfonamides is 1. The highest BCUT2D eigenvalue weighted by Gasteiger charge is 2.32. The van der Waals surface area contributed by atoms with Crippen LogP contribution in [0.5, 0.6) is 5.88 Å². The number of aryl methyl sites for hydroxylation is 2. The van der Waals surface area contributed by atoms with Gasteiger partial charge in [0.15, 0.2) is 4.90 Å². The van der Waals surface area contributed by atoms with Crippen LogP contribution in [-0.4, -0.2) is 48.1 Å². The van der Waals surface area contributed by atoms with Crippen LogP contribution in [0.4, 0.5) is 15.3 Å². The first-order valence-corrected chi connectivity index (χ1v) is 12.0. The molecule has 5 rings (SSSR count). The normalized spacial score (nSPS) is 18.8. The van der Waals surface area contributed by atoms with Crippen LogP contribution < -0.4 is 20.1 Å². The fraction of sp³-hybridized carbons (Fsp3) is 0.450. The smallest absolute Gasteiger partial charge is 0.405 e. The lowest BCUT2D eigenvalue weighted by atomic mass is 9.99. The molecule has 4 N–H and O–H groups in total. The van der Waals surface area contributed by atoms with Gasteiger partial charge in [-0.25, -0.2) is 27.4 Å². The molecule has 1 aromatic carbocycles. The average Bonchev–Trinajstić information content (AvgIpc) is 3.45. The average molecular weight is 462 g/mol. The summed E-state index contributed by atoms with van der Waals surface area (Å²) in [7, 11) is -4.25. The van der Waals surface area contributed by atoms with Gasteiger partial charge in [0.05, 0.1) is 18.8 Å². The van der Waals surface area contributed by atoms with E-state index in [0.717, 1.165) is 61.5 Å². The number of hydrogen-bond acceptors (Lipinski definition) is 6. The topological polar surface area (TPSA) is 152 Å². The third-order valence-corrected chi connectivity index (χ3v) is 7.44. The number of hydrogen-bond donors (Lipinski definition) is 4. The third kappa shape index (κ3) is 3.64. The molecule has 0 fully saturated rings. The van der Waals surface area contributed by atoms with Gasteiger partial charge in [-0.2, -0.15) is 5.10 Å². The summed E-state index contributed by atoms with van der Waals surface area (Å²) in [6.07, 6.45) is 5.58. The molecule has 11 nitrogen and oxygen atoms in total. The first kappa shape index (κ1) is 20.6. The van der Waals surface area contributed by atoms with Gasteiger partial charge in [-0.05, 0) is 60.8 Å². The van der Waals surface area contributed by atoms with Crippen molar-refractivity contribution in [3.05, 3.63) is 34.5 Å². The largest absolute Gasteiger partial charge is 0.475 e. The summed E-state index contributed by atoms with van der Waals surface area (Å²) in [6.45, 7) is 0.0701. The quantitative estimate of drug-likeness (QED) is 0.537. The second kappa shape index (κ2) is 7.69. The van der Waals surface area contributed by atoms with Crippen LogP contribution >= 0.6 is 0 Å². The fourth-order valence-corrected chi connectivity index (χ4v) is 5.79. The first-order valence-electron chi connectivity index (χ1n) is 10.5. The molecule has 0 bridgehead atoms. The molecule has 3 amide bonds. The number of aromatic nitrogens is 2. The van der Waals surface area contributed by atoms with Crippen LogP contribution in [0.2, 0.25) is 0 Å². The Balaban J connectivity index is 1.34. The van der Waals surface area contributed by atoms with E-state index in [2.05, 4.69) is 26.5 Å². The Morgan fingerprint density at radius 1 is 1.12 bits per heavy atom. The molecule has 0 radical (unpaired) electrons. The van der Waals surface area contributed by atoms with Crippen LogP contribution in [0.15, 0.2) is 17.2 Å². The van der Waals surface area contributed by atoms with Crippen molar-refractivity contribution in [1.82, 2.24) is 19.8 Å². The van der Waals surface area contributed by atoms with E-state index in [0.29, 0.717) is 0 Å². The minimum Gasteiger partial charge on any atom is -0.475 e. The van der Waals surface area contributed by atoms with Crippen molar-refractivity contribution in [2.45, 2.75) is 56.0 Å². The van der Waals surface area contributed by atoms with E-state index in [9.17, 15) is 18.0 Å². The van der Waals surface area contributed by atoms with E-state index >= 15 is 0 Å². The number of fused-ring (bicyclic) bond motifs is 3. The van der Waals surface area contributed by atoms with Crippen LogP contribution in [-0.2, 0) is 42.3 Å². The molecule has 0 spiro atoms. The van der Waals surface area contributed by atoms with Crippen molar-refractivity contribution < 1.29 is 27.9 Å². The molecule has 12 heteroatoms. The Morgan fingerprint density at radius 2 is 1.81 bits per heavy atom. The van der Waals surface area contributed by atoms with Crippen molar-refractivity contribution in [3.63, 3.8) is 0 Å². The van der Waals surface area contributed by atoms with Gasteiger partial charge in [-0.1, -0.05) is 6.07 Å². The van der Waals surface area contributed by atoms with Gasteiger partial charge in [0.1, 0.15) is 6.61 Å². The molecule has 3 aliphatic rings. The number of nitrogens with one attached hydrogen (secondary N) is 3. The molecule has 1 aromatic heterocycles. The molecule has 2 aromatic rings. The molecule has 32 heavy (non-hydrogen) atoms. The standard InChI is InChI=1S/C20H23N5O6S/c26-19(23-17-14-5-1-3-11(14)7-12-4-2-6-15(12)17)24-32(29,30)16-8-21-25-9-13(22-20(27)28)10-31-18(16)25/h7-8,13,22H,1-6,9-10H2,(H,27,28)(H2,23,24,26). The molecular formula is C20H23N5O6S. The van der Waals surface area contributed by atoms with Crippen molar-refractivity contribution in [2.75, 3.05) is 11.9 Å². The molecular weight excluding hydrogens is 438 g/mol. The molecule has 0 saturated carbocycles. The highest BCUT2D eigenvalue weighted by molar-refractivity contribution is 7.90. The van der Waals surface area contributed by atoms with E-state index in [-0.39, 0.29) is 23.9 Å². The zero-order valence-corrected chi connectivity index (χ0v) is 18.0. The van der Waals surface area contributed by atoms with Crippen molar-refractivity contribution in [2.24, 2.45) is 0 Å². The second-order valence-corrected chi connectivity index (χ2v) is 9.90. The lowest BCUT2D eigenvalue weighted by Gasteiger charge is -2.24. The number of carboxylic acid groups (broad SMARTS) is 1. The van der Waals surface area contributed by atoms with Crippen LogP contribution in [0, 0.1) is 0 Å². The Morgan fingerprint density at radius 3 is 2.47 bits per heavy atom. The Bertz CT molecular complexity index is 1190. The maximum Gasteiger partial charge on any atom is 0.405 e. The first-order chi connectivity index (χ1) is 15.3. The Kier molecular flexibility index (Phi) is 4.96. The van der Waals surface area contributed by atoms with Crippen LogP contribution in [0.25, 0.3) is 0 Å². The van der Waals surface area contributed by atoms with Crippen molar-refractivity contribution in [3.8, 4) is 5.88 Å². The molecule has 1 atom stereocenters. The third-order valence-electron chi connectivity index (χ3n) is 6.13. The summed E-state index contributed by atoms with van der Waals surface area (Å²) >= 11 is 0. The predicted octanol–water partition coefficient (Wildman–Crippen LogP) is 1.40. The van der Waals surface area contributed by atoms with E-state index in [4.69, 9.17) is 9.84 Å². The zero-order chi connectivity index (χ0) is 22.5. The number of benzene rings is 1. The molecule has 2 aliphatic carbocycles. The number of carbonyl (C=O) groups excluding carboxylic acids is 1. The number of anilines is 1. The highest BCUT2D eigenvalue weighted by Crippen LogP contribution is 2.38. The second-order valence-electron chi connectivity index (χ2n) is 8.25. The number of ether oxygens (including phenoxy) is 1. The molecule has 2 heterocycles. The van der Waals surface area contributed by atoms with Crippen molar-refractivity contribution in [1.29, 1.82) is 0 Å². The van der Waals surface area contributed by atoms with E-state index < -0.39 is 28.2 Å². The zero-order valence-electron chi connectivity index (χ0n) is 17.2. The summed E-state index contributed by atoms with van der Waals surface area (Å²) in [5.41, 5.74) is 5.40. The summed E-state index contributed by atoms with van der Waals surface area (Å²) in [5.74, 6) is -0.0322. The number of urea groups is 1. The lowest BCUT2D eigenvalue weighted by molar-refractivity contribution is 0.155. The van der Waals surface area contributed by atoms with Gasteiger partial charge in [0.2, 0.25) is 5.88 Å². The predicted molar refractivity (Wildman–Crippen MR) is 113 cm³/mol. The molecule has 170 valence electrons. The fourth-order valence-electron chi connectivity index (χ4n) is 4.80. The molecule has 1 aliphatic heterocycles. The summed E-state index contributed by atoms with van der Waals surface area (Å²) in [5, 5.41) is 17.9. The summed E-state index contributed by atoms with van der Waals surface area (Å²) in [6, 6.07) is 0.836. The van der Waals surface area contributed by atoms with E-state index in [1.54, 1.807) is 0 Å². The van der Waals surface area contributed by atoms with Gasteiger partial charge in [0.25, 0.3) is 10.0 Å².